The molecule has 0 amide bonds. The van der Waals surface area contributed by atoms with E-state index in [1.807, 2.05) is 0 Å². The van der Waals surface area contributed by atoms with Crippen LogP contribution in [0, 0.1) is 0 Å². The largest absolute Gasteiger partial charge is 0.429 e. The lowest BCUT2D eigenvalue weighted by Crippen LogP contribution is -1.97. The summed E-state index contributed by atoms with van der Waals surface area (Å²) in [5.41, 5.74) is 0. The average molecular weight is 202 g/mol. The summed E-state index contributed by atoms with van der Waals surface area (Å²) in [6.07, 6.45) is 0. The Morgan fingerprint density at radius 1 is 1.23 bits per heavy atom. The Morgan fingerprint density at radius 2 is 1.77 bits per heavy atom. The zero-order chi connectivity index (χ0) is 9.90. The fraction of sp³-hybridized carbons (Fsp3) is 0. The SMILES string of the molecule is O=COc1ccc(S(=O)(=O)O)cc1. The molecule has 0 heterocycles. The van der Waals surface area contributed by atoms with Gasteiger partial charge < -0.3 is 4.74 Å². The Hall–Kier alpha value is -1.40. The predicted molar refractivity (Wildman–Crippen MR) is 42.9 cm³/mol. The molecule has 0 fully saturated rings. The third kappa shape index (κ3) is 2.53. The van der Waals surface area contributed by atoms with Crippen molar-refractivity contribution in [1.29, 1.82) is 0 Å². The highest BCUT2D eigenvalue weighted by molar-refractivity contribution is 7.85. The van der Waals surface area contributed by atoms with Crippen LogP contribution in [0.2, 0.25) is 0 Å². The van der Waals surface area contributed by atoms with Crippen LogP contribution in [0.15, 0.2) is 29.2 Å². The van der Waals surface area contributed by atoms with Gasteiger partial charge in [-0.1, -0.05) is 0 Å². The van der Waals surface area contributed by atoms with Gasteiger partial charge in [-0.3, -0.25) is 9.35 Å². The maximum Gasteiger partial charge on any atom is 0.298 e. The van der Waals surface area contributed by atoms with Crippen molar-refractivity contribution in [1.82, 2.24) is 0 Å². The smallest absolute Gasteiger partial charge is 0.298 e. The number of rotatable bonds is 3. The van der Waals surface area contributed by atoms with Gasteiger partial charge in [-0.25, -0.2) is 0 Å². The molecule has 70 valence electrons. The molecule has 0 aliphatic heterocycles. The van der Waals surface area contributed by atoms with E-state index in [-0.39, 0.29) is 17.1 Å². The third-order valence-corrected chi connectivity index (χ3v) is 2.17. The van der Waals surface area contributed by atoms with Gasteiger partial charge in [-0.2, -0.15) is 8.42 Å². The van der Waals surface area contributed by atoms with Crippen molar-refractivity contribution in [2.24, 2.45) is 0 Å². The number of carbonyl (C=O) groups excluding carboxylic acids is 1. The minimum atomic E-state index is -4.18. The maximum atomic E-state index is 10.5. The zero-order valence-corrected chi connectivity index (χ0v) is 7.19. The van der Waals surface area contributed by atoms with E-state index >= 15 is 0 Å². The van der Waals surface area contributed by atoms with Gasteiger partial charge in [-0.15, -0.1) is 0 Å². The average Bonchev–Trinajstić information content (AvgIpc) is 2.04. The normalized spacial score (nSPS) is 10.8. The van der Waals surface area contributed by atoms with Gasteiger partial charge in [0.05, 0.1) is 4.90 Å². The summed E-state index contributed by atoms with van der Waals surface area (Å²) in [6, 6.07) is 4.79. The molecule has 1 aromatic carbocycles. The zero-order valence-electron chi connectivity index (χ0n) is 6.38. The van der Waals surface area contributed by atoms with Crippen LogP contribution in [-0.2, 0) is 14.9 Å². The molecule has 1 N–H and O–H groups in total. The molecule has 0 bridgehead atoms. The van der Waals surface area contributed by atoms with Gasteiger partial charge in [0.2, 0.25) is 0 Å². The molecular formula is C7H6O5S. The van der Waals surface area contributed by atoms with Crippen molar-refractivity contribution in [3.63, 3.8) is 0 Å². The summed E-state index contributed by atoms with van der Waals surface area (Å²) in [6.45, 7) is 0.225. The first-order valence-corrected chi connectivity index (χ1v) is 4.66. The Morgan fingerprint density at radius 3 is 2.15 bits per heavy atom. The Labute approximate surface area is 74.7 Å². The van der Waals surface area contributed by atoms with E-state index in [9.17, 15) is 13.2 Å². The standard InChI is InChI=1S/C7H6O5S/c8-5-12-6-1-3-7(4-2-6)13(9,10)11/h1-5H,(H,9,10,11). The van der Waals surface area contributed by atoms with Crippen LogP contribution in [-0.4, -0.2) is 19.4 Å². The molecule has 6 heteroatoms. The van der Waals surface area contributed by atoms with Crippen molar-refractivity contribution in [3.05, 3.63) is 24.3 Å². The van der Waals surface area contributed by atoms with Gasteiger partial charge in [0.1, 0.15) is 5.75 Å². The Balaban J connectivity index is 3.01. The molecule has 0 aliphatic rings. The highest BCUT2D eigenvalue weighted by Crippen LogP contribution is 2.14. The molecule has 0 radical (unpaired) electrons. The monoisotopic (exact) mass is 202 g/mol. The fourth-order valence-corrected chi connectivity index (χ4v) is 1.23. The molecular weight excluding hydrogens is 196 g/mol. The maximum absolute atomic E-state index is 10.5. The number of ether oxygens (including phenoxy) is 1. The highest BCUT2D eigenvalue weighted by atomic mass is 32.2. The third-order valence-electron chi connectivity index (χ3n) is 1.31. The van der Waals surface area contributed by atoms with E-state index in [1.54, 1.807) is 0 Å². The molecule has 0 saturated carbocycles. The first-order chi connectivity index (χ1) is 6.04. The molecule has 0 unspecified atom stereocenters. The van der Waals surface area contributed by atoms with Gasteiger partial charge in [0.25, 0.3) is 16.6 Å². The molecule has 0 saturated heterocycles. The lowest BCUT2D eigenvalue weighted by atomic mass is 10.3. The molecule has 13 heavy (non-hydrogen) atoms. The lowest BCUT2D eigenvalue weighted by molar-refractivity contribution is -0.120. The molecule has 1 aromatic rings. The van der Waals surface area contributed by atoms with E-state index in [4.69, 9.17) is 4.55 Å². The van der Waals surface area contributed by atoms with Crippen molar-refractivity contribution < 1.29 is 22.5 Å². The molecule has 0 atom stereocenters. The summed E-state index contributed by atoms with van der Waals surface area (Å²) in [5.74, 6) is 0.211. The molecule has 0 aromatic heterocycles. The van der Waals surface area contributed by atoms with E-state index in [0.717, 1.165) is 12.1 Å². The number of benzene rings is 1. The van der Waals surface area contributed by atoms with Crippen molar-refractivity contribution in [3.8, 4) is 5.75 Å². The second kappa shape index (κ2) is 3.55. The summed E-state index contributed by atoms with van der Waals surface area (Å²) in [4.78, 5) is 9.62. The topological polar surface area (TPSA) is 80.7 Å². The summed E-state index contributed by atoms with van der Waals surface area (Å²) in [7, 11) is -4.18. The molecule has 0 spiro atoms. The second-order valence-corrected chi connectivity index (χ2v) is 3.58. The van der Waals surface area contributed by atoms with Crippen LogP contribution in [0.3, 0.4) is 0 Å². The Bertz CT molecular complexity index is 391. The second-order valence-electron chi connectivity index (χ2n) is 2.16. The van der Waals surface area contributed by atoms with Crippen LogP contribution >= 0.6 is 0 Å². The number of hydrogen-bond acceptors (Lipinski definition) is 4. The molecule has 1 rings (SSSR count). The van der Waals surface area contributed by atoms with E-state index in [1.165, 1.54) is 12.1 Å². The van der Waals surface area contributed by atoms with Crippen molar-refractivity contribution in [2.75, 3.05) is 0 Å². The van der Waals surface area contributed by atoms with Crippen molar-refractivity contribution >= 4 is 16.6 Å². The molecule has 0 aliphatic carbocycles. The fourth-order valence-electron chi connectivity index (χ4n) is 0.746. The minimum Gasteiger partial charge on any atom is -0.429 e. The summed E-state index contributed by atoms with van der Waals surface area (Å²) >= 11 is 0. The van der Waals surface area contributed by atoms with Crippen LogP contribution in [0.1, 0.15) is 0 Å². The van der Waals surface area contributed by atoms with Gasteiger partial charge >= 0.3 is 0 Å². The minimum absolute atomic E-state index is 0.211. The van der Waals surface area contributed by atoms with E-state index in [0.29, 0.717) is 0 Å². The van der Waals surface area contributed by atoms with Gasteiger partial charge in [0.15, 0.2) is 0 Å². The first kappa shape index (κ1) is 9.69. The van der Waals surface area contributed by atoms with Crippen LogP contribution in [0.25, 0.3) is 0 Å². The number of carbonyl (C=O) groups is 1. The van der Waals surface area contributed by atoms with Gasteiger partial charge in [0, 0.05) is 0 Å². The van der Waals surface area contributed by atoms with Crippen LogP contribution in [0.4, 0.5) is 0 Å². The quantitative estimate of drug-likeness (QED) is 0.569. The van der Waals surface area contributed by atoms with Crippen LogP contribution in [0.5, 0.6) is 5.75 Å². The summed E-state index contributed by atoms with van der Waals surface area (Å²) < 4.78 is 34.1. The van der Waals surface area contributed by atoms with Gasteiger partial charge in [-0.05, 0) is 24.3 Å². The predicted octanol–water partition coefficient (Wildman–Crippen LogP) is 0.468. The van der Waals surface area contributed by atoms with Crippen LogP contribution < -0.4 is 4.74 Å². The first-order valence-electron chi connectivity index (χ1n) is 3.22. The van der Waals surface area contributed by atoms with E-state index in [2.05, 4.69) is 4.74 Å². The molecule has 5 nitrogen and oxygen atoms in total. The lowest BCUT2D eigenvalue weighted by Gasteiger charge is -1.98. The van der Waals surface area contributed by atoms with E-state index < -0.39 is 10.1 Å². The Kier molecular flexibility index (Phi) is 2.64. The highest BCUT2D eigenvalue weighted by Gasteiger charge is 2.08. The summed E-state index contributed by atoms with van der Waals surface area (Å²) in [5, 5.41) is 0. The van der Waals surface area contributed by atoms with Crippen molar-refractivity contribution in [2.45, 2.75) is 4.90 Å². The number of hydrogen-bond donors (Lipinski definition) is 1.